The quantitative estimate of drug-likeness (QED) is 0.390. The Morgan fingerprint density at radius 2 is 0.708 bits per heavy atom. The molecule has 7 nitrogen and oxygen atoms in total. The Bertz CT molecular complexity index is 138. The van der Waals surface area contributed by atoms with E-state index in [1.165, 1.54) is 51.4 Å². The van der Waals surface area contributed by atoms with Gasteiger partial charge in [0.2, 0.25) is 0 Å². The van der Waals surface area contributed by atoms with Gasteiger partial charge in [-0.05, 0) is 51.9 Å². The maximum absolute atomic E-state index is 8.56. The van der Waals surface area contributed by atoms with Crippen LogP contribution in [0.15, 0.2) is 0 Å². The van der Waals surface area contributed by atoms with E-state index in [1.807, 2.05) is 0 Å². The van der Waals surface area contributed by atoms with Gasteiger partial charge in [0.05, 0.1) is 0 Å². The smallest absolute Gasteiger partial charge is 0.450 e. The van der Waals surface area contributed by atoms with E-state index in [9.17, 15) is 0 Å². The average molecular weight is 355 g/mol. The fourth-order valence-electron chi connectivity index (χ4n) is 0.816. The number of rotatable bonds is 8. The molecule has 0 spiro atoms. The van der Waals surface area contributed by atoms with Crippen LogP contribution >= 0.6 is 0 Å². The Morgan fingerprint density at radius 1 is 0.583 bits per heavy atom. The molecule has 0 heterocycles. The number of hydrogen-bond acceptors (Lipinski definition) is 5. The summed E-state index contributed by atoms with van der Waals surface area (Å²) in [6.07, 6.45) is 7.71. The molecule has 0 amide bonds. The molecule has 0 fully saturated rings. The van der Waals surface area contributed by atoms with Crippen LogP contribution in [-0.4, -0.2) is 42.5 Å². The van der Waals surface area contributed by atoms with Crippen molar-refractivity contribution in [2.45, 2.75) is 79.1 Å². The molecule has 24 heavy (non-hydrogen) atoms. The highest BCUT2D eigenvalue weighted by molar-refractivity contribution is 5.53. The van der Waals surface area contributed by atoms with E-state index in [4.69, 9.17) is 37.9 Å². The van der Waals surface area contributed by atoms with Crippen LogP contribution in [0.25, 0.3) is 0 Å². The lowest BCUT2D eigenvalue weighted by Crippen LogP contribution is -1.95. The third-order valence-corrected chi connectivity index (χ3v) is 2.23. The predicted octanol–water partition coefficient (Wildman–Crippen LogP) is 3.20. The molecule has 0 rings (SSSR count). The minimum Gasteiger partial charge on any atom is -0.450 e. The molecular weight excluding hydrogens is 308 g/mol. The zero-order valence-electron chi connectivity index (χ0n) is 16.6. The fourth-order valence-corrected chi connectivity index (χ4v) is 0.816. The molecule has 0 bridgehead atoms. The summed E-state index contributed by atoms with van der Waals surface area (Å²) in [4.78, 5) is 8.56. The van der Waals surface area contributed by atoms with Crippen LogP contribution in [0, 0.1) is 0 Å². The number of unbranched alkanes of at least 4 members (excludes halogenated alkanes) is 4. The lowest BCUT2D eigenvalue weighted by molar-refractivity contribution is 0.137. The molecule has 0 aromatic heterocycles. The van der Waals surface area contributed by atoms with Crippen molar-refractivity contribution in [1.82, 2.24) is 0 Å². The van der Waals surface area contributed by atoms with E-state index in [-0.39, 0.29) is 0 Å². The Morgan fingerprint density at radius 3 is 0.708 bits per heavy atom. The van der Waals surface area contributed by atoms with Gasteiger partial charge >= 0.3 is 6.16 Å². The molecule has 0 unspecified atom stereocenters. The van der Waals surface area contributed by atoms with Crippen LogP contribution in [0.3, 0.4) is 0 Å². The van der Waals surface area contributed by atoms with Crippen LogP contribution in [-0.2, 0) is 0 Å². The van der Waals surface area contributed by atoms with E-state index in [1.54, 1.807) is 0 Å². The van der Waals surface area contributed by atoms with E-state index in [0.717, 1.165) is 26.2 Å². The first kappa shape index (κ1) is 34.4. The van der Waals surface area contributed by atoms with E-state index >= 15 is 0 Å². The highest BCUT2D eigenvalue weighted by Gasteiger charge is 1.70. The monoisotopic (exact) mass is 354 g/mol. The zero-order valence-corrected chi connectivity index (χ0v) is 16.6. The van der Waals surface area contributed by atoms with Gasteiger partial charge < -0.3 is 33.1 Å². The van der Waals surface area contributed by atoms with Crippen molar-refractivity contribution >= 4 is 6.16 Å². The molecule has 0 atom stereocenters. The minimum absolute atomic E-state index is 0.844. The molecule has 0 aromatic carbocycles. The highest BCUT2D eigenvalue weighted by Crippen LogP contribution is 1.78. The first-order valence-corrected chi connectivity index (χ1v) is 9.11. The normalized spacial score (nSPS) is 8.00. The van der Waals surface area contributed by atoms with Crippen molar-refractivity contribution in [3.8, 4) is 0 Å². The summed E-state index contributed by atoms with van der Waals surface area (Å²) in [5.41, 5.74) is 20.6. The van der Waals surface area contributed by atoms with Crippen molar-refractivity contribution in [1.29, 1.82) is 0 Å². The SMILES string of the molecule is CCCCN.CCCCN.CCCCN.CCCCN.O=C(O)O. The van der Waals surface area contributed by atoms with Crippen molar-refractivity contribution in [2.75, 3.05) is 26.2 Å². The summed E-state index contributed by atoms with van der Waals surface area (Å²) < 4.78 is 0. The second-order valence-corrected chi connectivity index (χ2v) is 4.85. The lowest BCUT2D eigenvalue weighted by atomic mass is 10.3. The van der Waals surface area contributed by atoms with Crippen molar-refractivity contribution < 1.29 is 15.0 Å². The molecular formula is C17H46N4O3. The summed E-state index contributed by atoms with van der Waals surface area (Å²) in [6, 6.07) is 0. The maximum atomic E-state index is 8.56. The molecule has 152 valence electrons. The number of nitrogens with two attached hydrogens (primary N) is 4. The van der Waals surface area contributed by atoms with Crippen molar-refractivity contribution in [3.63, 3.8) is 0 Å². The van der Waals surface area contributed by atoms with Crippen molar-refractivity contribution in [2.24, 2.45) is 22.9 Å². The first-order valence-electron chi connectivity index (χ1n) is 9.11. The van der Waals surface area contributed by atoms with E-state index < -0.39 is 6.16 Å². The van der Waals surface area contributed by atoms with Crippen LogP contribution < -0.4 is 22.9 Å². The molecule has 0 aromatic rings. The summed E-state index contributed by atoms with van der Waals surface area (Å²) >= 11 is 0. The third-order valence-electron chi connectivity index (χ3n) is 2.23. The second-order valence-electron chi connectivity index (χ2n) is 4.85. The molecule has 10 N–H and O–H groups in total. The van der Waals surface area contributed by atoms with Gasteiger partial charge in [-0.3, -0.25) is 0 Å². The summed E-state index contributed by atoms with van der Waals surface area (Å²) in [5, 5.41) is 13.9. The maximum Gasteiger partial charge on any atom is 0.503 e. The van der Waals surface area contributed by atoms with Gasteiger partial charge in [-0.1, -0.05) is 53.4 Å². The summed E-state index contributed by atoms with van der Waals surface area (Å²) in [5.74, 6) is 0. The van der Waals surface area contributed by atoms with Gasteiger partial charge in [-0.15, -0.1) is 0 Å². The van der Waals surface area contributed by atoms with Crippen LogP contribution in [0.4, 0.5) is 4.79 Å². The van der Waals surface area contributed by atoms with Crippen LogP contribution in [0.5, 0.6) is 0 Å². The van der Waals surface area contributed by atoms with Gasteiger partial charge in [0, 0.05) is 0 Å². The Kier molecular flexibility index (Phi) is 71.0. The Labute approximate surface area is 150 Å². The Balaban J connectivity index is -0.0000000628. The van der Waals surface area contributed by atoms with Gasteiger partial charge in [-0.25, -0.2) is 4.79 Å². The minimum atomic E-state index is -1.83. The fraction of sp³-hybridized carbons (Fsp3) is 0.941. The molecule has 0 aliphatic heterocycles. The lowest BCUT2D eigenvalue weighted by Gasteiger charge is -1.80. The standard InChI is InChI=1S/4C4H11N.CH2O3/c4*1-2-3-4-5;2-1(3)4/h4*2-5H2,1H3;(H2,2,3,4). The van der Waals surface area contributed by atoms with Crippen molar-refractivity contribution in [3.05, 3.63) is 0 Å². The van der Waals surface area contributed by atoms with Gasteiger partial charge in [0.1, 0.15) is 0 Å². The largest absolute Gasteiger partial charge is 0.503 e. The average Bonchev–Trinajstić information content (AvgIpc) is 2.52. The van der Waals surface area contributed by atoms with Crippen LogP contribution in [0.2, 0.25) is 0 Å². The van der Waals surface area contributed by atoms with Gasteiger partial charge in [0.15, 0.2) is 0 Å². The molecule has 0 saturated carbocycles. The summed E-state index contributed by atoms with van der Waals surface area (Å²) in [7, 11) is 0. The molecule has 0 aliphatic rings. The molecule has 7 heteroatoms. The number of carbonyl (C=O) groups is 1. The third kappa shape index (κ3) is 169. The zero-order chi connectivity index (χ0) is 20.1. The molecule has 0 radical (unpaired) electrons. The predicted molar refractivity (Wildman–Crippen MR) is 107 cm³/mol. The first-order chi connectivity index (χ1) is 11.4. The molecule has 0 aliphatic carbocycles. The number of carboxylic acid groups (broad SMARTS) is 2. The van der Waals surface area contributed by atoms with E-state index in [2.05, 4.69) is 27.7 Å². The summed E-state index contributed by atoms with van der Waals surface area (Å²) in [6.45, 7) is 11.9. The Hall–Kier alpha value is -0.890. The van der Waals surface area contributed by atoms with E-state index in [0.29, 0.717) is 0 Å². The molecule has 0 saturated heterocycles. The van der Waals surface area contributed by atoms with Gasteiger partial charge in [0.25, 0.3) is 0 Å². The van der Waals surface area contributed by atoms with Gasteiger partial charge in [-0.2, -0.15) is 0 Å². The topological polar surface area (TPSA) is 162 Å². The highest BCUT2D eigenvalue weighted by atomic mass is 16.6. The number of hydrogen-bond donors (Lipinski definition) is 6. The second kappa shape index (κ2) is 49.5. The van der Waals surface area contributed by atoms with Crippen LogP contribution in [0.1, 0.15) is 79.1 Å².